The summed E-state index contributed by atoms with van der Waals surface area (Å²) in [6.45, 7) is 4.25. The second-order valence-electron chi connectivity index (χ2n) is 3.47. The van der Waals surface area contributed by atoms with Crippen LogP contribution in [0.2, 0.25) is 0 Å². The standard InChI is InChI=1S/C9H14N2OS/c1-6(2)11-9(12-3)7-4-13-5-8(7)10-11/h6H,4-5H2,1-3H3. The highest BCUT2D eigenvalue weighted by molar-refractivity contribution is 7.98. The maximum atomic E-state index is 5.38. The van der Waals surface area contributed by atoms with E-state index in [1.807, 2.05) is 16.4 Å². The SMILES string of the molecule is COc1c2c(nn1C(C)C)CSC2. The lowest BCUT2D eigenvalue weighted by molar-refractivity contribution is 0.342. The Morgan fingerprint density at radius 1 is 1.46 bits per heavy atom. The lowest BCUT2D eigenvalue weighted by Gasteiger charge is -2.10. The number of thioether (sulfide) groups is 1. The molecule has 13 heavy (non-hydrogen) atoms. The Hall–Kier alpha value is -0.640. The Morgan fingerprint density at radius 3 is 2.85 bits per heavy atom. The van der Waals surface area contributed by atoms with Crippen LogP contribution < -0.4 is 4.74 Å². The Bertz CT molecular complexity index is 320. The Labute approximate surface area is 82.5 Å². The molecule has 0 saturated carbocycles. The summed E-state index contributed by atoms with van der Waals surface area (Å²) in [5.41, 5.74) is 2.50. The highest BCUT2D eigenvalue weighted by Gasteiger charge is 2.24. The molecule has 0 saturated heterocycles. The summed E-state index contributed by atoms with van der Waals surface area (Å²) in [6.07, 6.45) is 0. The molecule has 0 aliphatic carbocycles. The van der Waals surface area contributed by atoms with Crippen LogP contribution in [0.15, 0.2) is 0 Å². The first-order chi connectivity index (χ1) is 6.24. The van der Waals surface area contributed by atoms with Gasteiger partial charge in [0.25, 0.3) is 0 Å². The van der Waals surface area contributed by atoms with E-state index in [2.05, 4.69) is 18.9 Å². The highest BCUT2D eigenvalue weighted by Crippen LogP contribution is 2.36. The molecule has 3 nitrogen and oxygen atoms in total. The topological polar surface area (TPSA) is 27.1 Å². The van der Waals surface area contributed by atoms with Crippen molar-refractivity contribution in [3.8, 4) is 5.88 Å². The minimum absolute atomic E-state index is 0.380. The van der Waals surface area contributed by atoms with Gasteiger partial charge in [-0.15, -0.1) is 0 Å². The first-order valence-corrected chi connectivity index (χ1v) is 5.61. The number of ether oxygens (including phenoxy) is 1. The summed E-state index contributed by atoms with van der Waals surface area (Å²) >= 11 is 1.90. The van der Waals surface area contributed by atoms with Gasteiger partial charge in [0, 0.05) is 17.1 Å². The van der Waals surface area contributed by atoms with Crippen LogP contribution in [-0.2, 0) is 11.5 Å². The van der Waals surface area contributed by atoms with E-state index in [0.29, 0.717) is 6.04 Å². The fourth-order valence-electron chi connectivity index (χ4n) is 1.58. The molecule has 0 unspecified atom stereocenters. The van der Waals surface area contributed by atoms with Crippen molar-refractivity contribution >= 4 is 11.8 Å². The van der Waals surface area contributed by atoms with Crippen LogP contribution in [0.25, 0.3) is 0 Å². The van der Waals surface area contributed by atoms with Gasteiger partial charge in [0.15, 0.2) is 0 Å². The molecular weight excluding hydrogens is 184 g/mol. The van der Waals surface area contributed by atoms with Crippen molar-refractivity contribution in [3.05, 3.63) is 11.3 Å². The van der Waals surface area contributed by atoms with E-state index in [1.165, 1.54) is 11.3 Å². The van der Waals surface area contributed by atoms with E-state index in [1.54, 1.807) is 7.11 Å². The van der Waals surface area contributed by atoms with Gasteiger partial charge >= 0.3 is 0 Å². The summed E-state index contributed by atoms with van der Waals surface area (Å²) in [5.74, 6) is 3.03. The number of methoxy groups -OCH3 is 1. The molecule has 0 atom stereocenters. The van der Waals surface area contributed by atoms with Crippen molar-refractivity contribution in [2.75, 3.05) is 7.11 Å². The number of aromatic nitrogens is 2. The molecule has 1 aromatic rings. The Kier molecular flexibility index (Phi) is 2.24. The molecule has 1 aliphatic heterocycles. The lowest BCUT2D eigenvalue weighted by atomic mass is 10.3. The normalized spacial score (nSPS) is 15.1. The van der Waals surface area contributed by atoms with E-state index in [4.69, 9.17) is 4.74 Å². The monoisotopic (exact) mass is 198 g/mol. The van der Waals surface area contributed by atoms with E-state index in [0.717, 1.165) is 17.4 Å². The van der Waals surface area contributed by atoms with Crippen molar-refractivity contribution in [2.45, 2.75) is 31.4 Å². The van der Waals surface area contributed by atoms with Crippen molar-refractivity contribution in [1.82, 2.24) is 9.78 Å². The Balaban J connectivity index is 2.47. The molecule has 0 spiro atoms. The second-order valence-corrected chi connectivity index (χ2v) is 4.45. The molecule has 2 rings (SSSR count). The van der Waals surface area contributed by atoms with Crippen LogP contribution in [0, 0.1) is 0 Å². The molecule has 0 amide bonds. The van der Waals surface area contributed by atoms with Gasteiger partial charge in [-0.05, 0) is 13.8 Å². The third-order valence-electron chi connectivity index (χ3n) is 2.21. The van der Waals surface area contributed by atoms with E-state index in [9.17, 15) is 0 Å². The number of hydrogen-bond donors (Lipinski definition) is 0. The summed E-state index contributed by atoms with van der Waals surface area (Å²) in [4.78, 5) is 0. The van der Waals surface area contributed by atoms with Crippen molar-refractivity contribution in [3.63, 3.8) is 0 Å². The zero-order valence-electron chi connectivity index (χ0n) is 8.20. The molecular formula is C9H14N2OS. The quantitative estimate of drug-likeness (QED) is 0.729. The minimum Gasteiger partial charge on any atom is -0.481 e. The molecule has 0 fully saturated rings. The molecule has 2 heterocycles. The van der Waals surface area contributed by atoms with Gasteiger partial charge in [-0.3, -0.25) is 0 Å². The number of rotatable bonds is 2. The van der Waals surface area contributed by atoms with Gasteiger partial charge in [-0.25, -0.2) is 4.68 Å². The average molecular weight is 198 g/mol. The van der Waals surface area contributed by atoms with E-state index in [-0.39, 0.29) is 0 Å². The van der Waals surface area contributed by atoms with Crippen LogP contribution >= 0.6 is 11.8 Å². The third kappa shape index (κ3) is 1.33. The predicted molar refractivity (Wildman–Crippen MR) is 54.2 cm³/mol. The zero-order valence-corrected chi connectivity index (χ0v) is 9.02. The third-order valence-corrected chi connectivity index (χ3v) is 3.18. The van der Waals surface area contributed by atoms with Gasteiger partial charge in [0.1, 0.15) is 0 Å². The molecule has 0 aromatic carbocycles. The summed E-state index contributed by atoms with van der Waals surface area (Å²) in [6, 6.07) is 0.380. The largest absolute Gasteiger partial charge is 0.481 e. The maximum Gasteiger partial charge on any atom is 0.216 e. The molecule has 1 aromatic heterocycles. The fraction of sp³-hybridized carbons (Fsp3) is 0.667. The van der Waals surface area contributed by atoms with E-state index < -0.39 is 0 Å². The second kappa shape index (κ2) is 3.25. The maximum absolute atomic E-state index is 5.38. The van der Waals surface area contributed by atoms with Crippen LogP contribution in [0.5, 0.6) is 5.88 Å². The van der Waals surface area contributed by atoms with Gasteiger partial charge in [0.2, 0.25) is 5.88 Å². The smallest absolute Gasteiger partial charge is 0.216 e. The number of fused-ring (bicyclic) bond motifs is 1. The van der Waals surface area contributed by atoms with Gasteiger partial charge in [0.05, 0.1) is 18.8 Å². The first kappa shape index (κ1) is 8.94. The lowest BCUT2D eigenvalue weighted by Crippen LogP contribution is -2.06. The number of nitrogens with zero attached hydrogens (tertiary/aromatic N) is 2. The Morgan fingerprint density at radius 2 is 2.23 bits per heavy atom. The molecule has 0 radical (unpaired) electrons. The molecule has 4 heteroatoms. The average Bonchev–Trinajstić information content (AvgIpc) is 2.60. The predicted octanol–water partition coefficient (Wildman–Crippen LogP) is 2.22. The summed E-state index contributed by atoms with van der Waals surface area (Å²) in [5, 5.41) is 4.53. The molecule has 1 aliphatic rings. The summed E-state index contributed by atoms with van der Waals surface area (Å²) in [7, 11) is 1.72. The zero-order chi connectivity index (χ0) is 9.42. The van der Waals surface area contributed by atoms with Gasteiger partial charge in [-0.2, -0.15) is 16.9 Å². The first-order valence-electron chi connectivity index (χ1n) is 4.46. The minimum atomic E-state index is 0.380. The van der Waals surface area contributed by atoms with Gasteiger partial charge in [-0.1, -0.05) is 0 Å². The fourth-order valence-corrected chi connectivity index (χ4v) is 2.60. The van der Waals surface area contributed by atoms with Crippen molar-refractivity contribution in [1.29, 1.82) is 0 Å². The van der Waals surface area contributed by atoms with Crippen LogP contribution in [0.4, 0.5) is 0 Å². The summed E-state index contributed by atoms with van der Waals surface area (Å²) < 4.78 is 7.35. The van der Waals surface area contributed by atoms with Crippen LogP contribution in [-0.4, -0.2) is 16.9 Å². The van der Waals surface area contributed by atoms with Crippen molar-refractivity contribution in [2.24, 2.45) is 0 Å². The molecule has 0 bridgehead atoms. The van der Waals surface area contributed by atoms with E-state index >= 15 is 0 Å². The molecule has 0 N–H and O–H groups in total. The van der Waals surface area contributed by atoms with Crippen LogP contribution in [0.3, 0.4) is 0 Å². The van der Waals surface area contributed by atoms with Crippen LogP contribution in [0.1, 0.15) is 31.1 Å². The number of hydrogen-bond acceptors (Lipinski definition) is 3. The highest BCUT2D eigenvalue weighted by atomic mass is 32.2. The molecule has 72 valence electrons. The van der Waals surface area contributed by atoms with Crippen molar-refractivity contribution < 1.29 is 4.74 Å². The van der Waals surface area contributed by atoms with Gasteiger partial charge < -0.3 is 4.74 Å².